The normalized spacial score (nSPS) is 9.67. The van der Waals surface area contributed by atoms with Crippen molar-refractivity contribution in [3.8, 4) is 0 Å². The van der Waals surface area contributed by atoms with Crippen LogP contribution in [0.2, 0.25) is 6.04 Å². The second-order valence-corrected chi connectivity index (χ2v) is 3.79. The molecule has 12 heavy (non-hydrogen) atoms. The van der Waals surface area contributed by atoms with E-state index in [4.69, 9.17) is 4.74 Å². The molecule has 0 heterocycles. The fourth-order valence-corrected chi connectivity index (χ4v) is 1.44. The van der Waals surface area contributed by atoms with Crippen LogP contribution in [0.15, 0.2) is 12.7 Å². The number of rotatable bonds is 7. The zero-order chi connectivity index (χ0) is 9.23. The van der Waals surface area contributed by atoms with Crippen LogP contribution in [0.5, 0.6) is 0 Å². The van der Waals surface area contributed by atoms with Crippen LogP contribution >= 0.6 is 0 Å². The summed E-state index contributed by atoms with van der Waals surface area (Å²) in [5, 5.41) is 0. The number of esters is 1. The maximum Gasteiger partial charge on any atom is 0.330 e. The van der Waals surface area contributed by atoms with Crippen molar-refractivity contribution in [1.29, 1.82) is 0 Å². The van der Waals surface area contributed by atoms with Crippen LogP contribution in [0.3, 0.4) is 0 Å². The number of carbonyl (C=O) groups excluding carboxylic acids is 1. The molecule has 70 valence electrons. The van der Waals surface area contributed by atoms with E-state index >= 15 is 0 Å². The van der Waals surface area contributed by atoms with Crippen molar-refractivity contribution in [2.75, 3.05) is 6.61 Å². The smallest absolute Gasteiger partial charge is 0.330 e. The molecular weight excluding hydrogens is 168 g/mol. The minimum Gasteiger partial charge on any atom is -0.463 e. The molecule has 2 nitrogen and oxygen atoms in total. The fourth-order valence-electron chi connectivity index (χ4n) is 0.937. The molecule has 0 saturated carbocycles. The maximum atomic E-state index is 10.6. The third-order valence-electron chi connectivity index (χ3n) is 1.66. The van der Waals surface area contributed by atoms with Gasteiger partial charge in [-0.05, 0) is 6.42 Å². The van der Waals surface area contributed by atoms with Crippen molar-refractivity contribution in [1.82, 2.24) is 0 Å². The van der Waals surface area contributed by atoms with Gasteiger partial charge in [-0.15, -0.1) is 0 Å². The van der Waals surface area contributed by atoms with Crippen molar-refractivity contribution in [2.45, 2.75) is 31.7 Å². The molecule has 0 aromatic heterocycles. The molecule has 0 bridgehead atoms. The number of unbranched alkanes of at least 4 members (excludes halogenated alkanes) is 3. The molecule has 0 saturated heterocycles. The topological polar surface area (TPSA) is 26.3 Å². The van der Waals surface area contributed by atoms with Gasteiger partial charge in [-0.2, -0.15) is 0 Å². The van der Waals surface area contributed by atoms with Crippen LogP contribution in [0, 0.1) is 0 Å². The average Bonchev–Trinajstić information content (AvgIpc) is 2.10. The fraction of sp³-hybridized carbons (Fsp3) is 0.667. The highest BCUT2D eigenvalue weighted by Gasteiger charge is 1.94. The summed E-state index contributed by atoms with van der Waals surface area (Å²) in [6.45, 7) is 3.87. The quantitative estimate of drug-likeness (QED) is 0.257. The van der Waals surface area contributed by atoms with Gasteiger partial charge in [0.05, 0.1) is 6.61 Å². The van der Waals surface area contributed by atoms with Crippen LogP contribution in [-0.2, 0) is 9.53 Å². The Kier molecular flexibility index (Phi) is 8.12. The lowest BCUT2D eigenvalue weighted by atomic mass is 10.2. The van der Waals surface area contributed by atoms with Crippen molar-refractivity contribution in [3.63, 3.8) is 0 Å². The molecule has 0 rings (SSSR count). The van der Waals surface area contributed by atoms with Crippen LogP contribution in [-0.4, -0.2) is 22.8 Å². The molecule has 0 N–H and O–H groups in total. The number of ether oxygens (including phenoxy) is 1. The van der Waals surface area contributed by atoms with Gasteiger partial charge >= 0.3 is 5.97 Å². The Balaban J connectivity index is 3.00. The molecule has 0 radical (unpaired) electrons. The van der Waals surface area contributed by atoms with E-state index in [1.165, 1.54) is 41.6 Å². The summed E-state index contributed by atoms with van der Waals surface area (Å²) < 4.78 is 4.82. The summed E-state index contributed by atoms with van der Waals surface area (Å²) in [5.74, 6) is -0.308. The Morgan fingerprint density at radius 2 is 2.00 bits per heavy atom. The van der Waals surface area contributed by atoms with E-state index in [0.717, 1.165) is 6.42 Å². The second-order valence-electron chi connectivity index (χ2n) is 2.79. The average molecular weight is 186 g/mol. The lowest BCUT2D eigenvalue weighted by molar-refractivity contribution is -0.137. The molecular formula is C9H18O2Si. The Morgan fingerprint density at radius 1 is 1.33 bits per heavy atom. The van der Waals surface area contributed by atoms with Gasteiger partial charge in [-0.1, -0.05) is 31.9 Å². The van der Waals surface area contributed by atoms with Gasteiger partial charge in [0.25, 0.3) is 0 Å². The first-order valence-corrected chi connectivity index (χ1v) is 6.02. The van der Waals surface area contributed by atoms with Gasteiger partial charge in [0, 0.05) is 16.3 Å². The van der Waals surface area contributed by atoms with Gasteiger partial charge < -0.3 is 4.74 Å². The highest BCUT2D eigenvalue weighted by Crippen LogP contribution is 2.01. The van der Waals surface area contributed by atoms with Gasteiger partial charge in [-0.25, -0.2) is 4.79 Å². The number of carbonyl (C=O) groups is 1. The predicted octanol–water partition coefficient (Wildman–Crippen LogP) is 1.06. The summed E-state index contributed by atoms with van der Waals surface area (Å²) in [4.78, 5) is 10.6. The van der Waals surface area contributed by atoms with Gasteiger partial charge in [0.2, 0.25) is 0 Å². The van der Waals surface area contributed by atoms with Crippen molar-refractivity contribution in [3.05, 3.63) is 12.7 Å². The summed E-state index contributed by atoms with van der Waals surface area (Å²) in [6.07, 6.45) is 5.97. The summed E-state index contributed by atoms with van der Waals surface area (Å²) in [5.41, 5.74) is 0. The molecule has 0 aromatic rings. The molecule has 3 heteroatoms. The molecule has 0 spiro atoms. The predicted molar refractivity (Wildman–Crippen MR) is 54.4 cm³/mol. The van der Waals surface area contributed by atoms with E-state index in [-0.39, 0.29) is 5.97 Å². The number of hydrogen-bond donors (Lipinski definition) is 0. The minimum absolute atomic E-state index is 0.308. The zero-order valence-corrected chi connectivity index (χ0v) is 9.84. The monoisotopic (exact) mass is 186 g/mol. The Hall–Kier alpha value is -0.573. The van der Waals surface area contributed by atoms with Gasteiger partial charge in [0.15, 0.2) is 0 Å². The van der Waals surface area contributed by atoms with Crippen molar-refractivity contribution >= 4 is 16.2 Å². The highest BCUT2D eigenvalue weighted by molar-refractivity contribution is 6.08. The maximum absolute atomic E-state index is 10.6. The van der Waals surface area contributed by atoms with E-state index in [2.05, 4.69) is 6.58 Å². The minimum atomic E-state index is -0.308. The lowest BCUT2D eigenvalue weighted by Crippen LogP contribution is -2.01. The van der Waals surface area contributed by atoms with Gasteiger partial charge in [0.1, 0.15) is 0 Å². The van der Waals surface area contributed by atoms with Crippen LogP contribution in [0.25, 0.3) is 0 Å². The van der Waals surface area contributed by atoms with E-state index in [9.17, 15) is 4.79 Å². The zero-order valence-electron chi connectivity index (χ0n) is 7.84. The molecule has 0 aromatic carbocycles. The Morgan fingerprint density at radius 3 is 2.58 bits per heavy atom. The first-order valence-electron chi connectivity index (χ1n) is 4.60. The van der Waals surface area contributed by atoms with Crippen molar-refractivity contribution < 1.29 is 9.53 Å². The van der Waals surface area contributed by atoms with E-state index in [1.54, 1.807) is 0 Å². The van der Waals surface area contributed by atoms with Crippen LogP contribution in [0.4, 0.5) is 0 Å². The van der Waals surface area contributed by atoms with E-state index in [1.807, 2.05) is 0 Å². The van der Waals surface area contributed by atoms with Crippen molar-refractivity contribution in [2.24, 2.45) is 0 Å². The highest BCUT2D eigenvalue weighted by atomic mass is 28.1. The summed E-state index contributed by atoms with van der Waals surface area (Å²) in [7, 11) is 1.31. The lowest BCUT2D eigenvalue weighted by Gasteiger charge is -2.00. The molecule has 0 amide bonds. The summed E-state index contributed by atoms with van der Waals surface area (Å²) in [6, 6.07) is 1.38. The molecule has 0 aliphatic heterocycles. The Bertz CT molecular complexity index is 134. The molecule has 0 atom stereocenters. The largest absolute Gasteiger partial charge is 0.463 e. The summed E-state index contributed by atoms with van der Waals surface area (Å²) >= 11 is 0. The first kappa shape index (κ1) is 11.4. The third kappa shape index (κ3) is 7.53. The van der Waals surface area contributed by atoms with Crippen LogP contribution in [0.1, 0.15) is 25.7 Å². The first-order chi connectivity index (χ1) is 5.81. The van der Waals surface area contributed by atoms with E-state index < -0.39 is 0 Å². The van der Waals surface area contributed by atoms with E-state index in [0.29, 0.717) is 6.61 Å². The standard InChI is InChI=1S/C9H18O2Si/c1-2-9(10)11-7-5-3-4-6-8-12/h2H,1,3-8H2,12H3. The number of hydrogen-bond acceptors (Lipinski definition) is 2. The third-order valence-corrected chi connectivity index (χ3v) is 2.37. The SMILES string of the molecule is C=CC(=O)OCCCCCC[SiH3]. The second kappa shape index (κ2) is 8.52. The molecule has 0 unspecified atom stereocenters. The molecule has 0 aliphatic carbocycles. The molecule has 0 fully saturated rings. The molecule has 0 aliphatic rings. The Labute approximate surface area is 77.4 Å². The van der Waals surface area contributed by atoms with Crippen LogP contribution < -0.4 is 0 Å². The van der Waals surface area contributed by atoms with Gasteiger partial charge in [-0.3, -0.25) is 0 Å².